The van der Waals surface area contributed by atoms with Gasteiger partial charge in [0.25, 0.3) is 0 Å². The molecule has 1 aromatic carbocycles. The highest BCUT2D eigenvalue weighted by atomic mass is 16.4. The van der Waals surface area contributed by atoms with Gasteiger partial charge in [-0.25, -0.2) is 0 Å². The fourth-order valence-corrected chi connectivity index (χ4v) is 1.27. The predicted molar refractivity (Wildman–Crippen MR) is 56.4 cm³/mol. The molecule has 4 N–H and O–H groups in total. The van der Waals surface area contributed by atoms with Crippen molar-refractivity contribution < 1.29 is 15.0 Å². The third kappa shape index (κ3) is 3.04. The average Bonchev–Trinajstić information content (AvgIpc) is 2.27. The fourth-order valence-electron chi connectivity index (χ4n) is 1.27. The van der Waals surface area contributed by atoms with Crippen LogP contribution in [0.5, 0.6) is 0 Å². The number of aliphatic hydroxyl groups excluding tert-OH is 1. The average molecular weight is 209 g/mol. The summed E-state index contributed by atoms with van der Waals surface area (Å²) in [6.45, 7) is -0.546. The Labute approximate surface area is 88.3 Å². The second kappa shape index (κ2) is 4.91. The topological polar surface area (TPSA) is 83.5 Å². The first-order chi connectivity index (χ1) is 7.08. The molecular formula is C11H15NO3. The van der Waals surface area contributed by atoms with E-state index in [-0.39, 0.29) is 6.42 Å². The minimum absolute atomic E-state index is 0.225. The molecule has 0 amide bonds. The molecule has 1 atom stereocenters. The fraction of sp³-hybridized carbons (Fsp3) is 0.364. The molecule has 0 aromatic heterocycles. The lowest BCUT2D eigenvalue weighted by atomic mass is 9.93. The molecule has 0 saturated carbocycles. The maximum atomic E-state index is 10.8. The molecule has 0 aliphatic carbocycles. The van der Waals surface area contributed by atoms with Crippen LogP contribution >= 0.6 is 0 Å². The highest BCUT2D eigenvalue weighted by Crippen LogP contribution is 2.12. The first kappa shape index (κ1) is 11.7. The summed E-state index contributed by atoms with van der Waals surface area (Å²) in [5.41, 5.74) is 5.02. The summed E-state index contributed by atoms with van der Waals surface area (Å²) in [7, 11) is 0. The zero-order chi connectivity index (χ0) is 11.3. The van der Waals surface area contributed by atoms with Crippen LogP contribution in [0.4, 0.5) is 0 Å². The SMILES string of the molecule is N[C@](CO)(CCc1ccccc1)C(=O)O. The molecule has 0 spiro atoms. The number of rotatable bonds is 5. The number of carbonyl (C=O) groups is 1. The van der Waals surface area contributed by atoms with E-state index in [1.54, 1.807) is 0 Å². The van der Waals surface area contributed by atoms with E-state index in [4.69, 9.17) is 15.9 Å². The maximum Gasteiger partial charge on any atom is 0.326 e. The summed E-state index contributed by atoms with van der Waals surface area (Å²) >= 11 is 0. The van der Waals surface area contributed by atoms with Gasteiger partial charge in [0.15, 0.2) is 0 Å². The van der Waals surface area contributed by atoms with E-state index in [2.05, 4.69) is 0 Å². The lowest BCUT2D eigenvalue weighted by Gasteiger charge is -2.21. The van der Waals surface area contributed by atoms with Gasteiger partial charge in [0.1, 0.15) is 5.54 Å². The van der Waals surface area contributed by atoms with Gasteiger partial charge in [-0.3, -0.25) is 4.79 Å². The Morgan fingerprint density at radius 2 is 1.93 bits per heavy atom. The number of hydrogen-bond acceptors (Lipinski definition) is 3. The molecular weight excluding hydrogens is 194 g/mol. The number of carboxylic acid groups (broad SMARTS) is 1. The van der Waals surface area contributed by atoms with Crippen LogP contribution in [-0.2, 0) is 11.2 Å². The number of benzene rings is 1. The highest BCUT2D eigenvalue weighted by molar-refractivity contribution is 5.78. The Hall–Kier alpha value is -1.39. The van der Waals surface area contributed by atoms with Crippen molar-refractivity contribution in [1.29, 1.82) is 0 Å². The Balaban J connectivity index is 2.59. The van der Waals surface area contributed by atoms with Crippen molar-refractivity contribution in [3.63, 3.8) is 0 Å². The molecule has 0 radical (unpaired) electrons. The Morgan fingerprint density at radius 1 is 1.33 bits per heavy atom. The van der Waals surface area contributed by atoms with E-state index in [0.29, 0.717) is 6.42 Å². The lowest BCUT2D eigenvalue weighted by molar-refractivity contribution is -0.145. The smallest absolute Gasteiger partial charge is 0.326 e. The third-order valence-electron chi connectivity index (χ3n) is 2.41. The molecule has 4 nitrogen and oxygen atoms in total. The van der Waals surface area contributed by atoms with Crippen LogP contribution in [0, 0.1) is 0 Å². The molecule has 0 aliphatic heterocycles. The van der Waals surface area contributed by atoms with E-state index in [1.165, 1.54) is 0 Å². The van der Waals surface area contributed by atoms with Crippen molar-refractivity contribution in [1.82, 2.24) is 0 Å². The molecule has 1 aromatic rings. The van der Waals surface area contributed by atoms with Crippen LogP contribution in [0.3, 0.4) is 0 Å². The van der Waals surface area contributed by atoms with Crippen molar-refractivity contribution in [2.24, 2.45) is 5.73 Å². The number of aryl methyl sites for hydroxylation is 1. The Kier molecular flexibility index (Phi) is 3.82. The van der Waals surface area contributed by atoms with Gasteiger partial charge in [-0.05, 0) is 18.4 Å². The predicted octanol–water partition coefficient (Wildman–Crippen LogP) is 0.394. The summed E-state index contributed by atoms with van der Waals surface area (Å²) in [4.78, 5) is 10.8. The molecule has 0 bridgehead atoms. The third-order valence-corrected chi connectivity index (χ3v) is 2.41. The number of nitrogens with two attached hydrogens (primary N) is 1. The second-order valence-electron chi connectivity index (χ2n) is 3.61. The van der Waals surface area contributed by atoms with Crippen molar-refractivity contribution in [2.45, 2.75) is 18.4 Å². The summed E-state index contributed by atoms with van der Waals surface area (Å²) in [6, 6.07) is 9.46. The van der Waals surface area contributed by atoms with E-state index >= 15 is 0 Å². The van der Waals surface area contributed by atoms with Crippen molar-refractivity contribution >= 4 is 5.97 Å². The summed E-state index contributed by atoms with van der Waals surface area (Å²) in [5.74, 6) is -1.17. The standard InChI is InChI=1S/C11H15NO3/c12-11(8-13,10(14)15)7-6-9-4-2-1-3-5-9/h1-5,13H,6-8,12H2,(H,14,15)/t11-/m0/s1. The number of aliphatic carboxylic acids is 1. The van der Waals surface area contributed by atoms with Crippen LogP contribution in [0.2, 0.25) is 0 Å². The molecule has 82 valence electrons. The Morgan fingerprint density at radius 3 is 2.40 bits per heavy atom. The molecule has 15 heavy (non-hydrogen) atoms. The van der Waals surface area contributed by atoms with Gasteiger partial charge < -0.3 is 15.9 Å². The minimum atomic E-state index is -1.53. The number of aliphatic hydroxyl groups is 1. The summed E-state index contributed by atoms with van der Waals surface area (Å²) in [6.07, 6.45) is 0.771. The first-order valence-electron chi connectivity index (χ1n) is 4.75. The van der Waals surface area contributed by atoms with Gasteiger partial charge >= 0.3 is 5.97 Å². The summed E-state index contributed by atoms with van der Waals surface area (Å²) < 4.78 is 0. The van der Waals surface area contributed by atoms with Gasteiger partial charge in [-0.1, -0.05) is 30.3 Å². The van der Waals surface area contributed by atoms with Crippen LogP contribution < -0.4 is 5.73 Å². The van der Waals surface area contributed by atoms with Crippen molar-refractivity contribution in [3.8, 4) is 0 Å². The quantitative estimate of drug-likeness (QED) is 0.655. The van der Waals surface area contributed by atoms with Crippen LogP contribution in [0.15, 0.2) is 30.3 Å². The van der Waals surface area contributed by atoms with Crippen molar-refractivity contribution in [3.05, 3.63) is 35.9 Å². The summed E-state index contributed by atoms with van der Waals surface area (Å²) in [5, 5.41) is 17.8. The zero-order valence-electron chi connectivity index (χ0n) is 8.39. The zero-order valence-corrected chi connectivity index (χ0v) is 8.39. The normalized spacial score (nSPS) is 14.5. The van der Waals surface area contributed by atoms with Gasteiger partial charge in [0.2, 0.25) is 0 Å². The molecule has 0 heterocycles. The van der Waals surface area contributed by atoms with Gasteiger partial charge in [-0.15, -0.1) is 0 Å². The van der Waals surface area contributed by atoms with E-state index in [1.807, 2.05) is 30.3 Å². The molecule has 1 rings (SSSR count). The van der Waals surface area contributed by atoms with Crippen molar-refractivity contribution in [2.75, 3.05) is 6.61 Å². The molecule has 0 unspecified atom stereocenters. The number of hydrogen-bond donors (Lipinski definition) is 3. The number of carboxylic acids is 1. The van der Waals surface area contributed by atoms with Crippen LogP contribution in [-0.4, -0.2) is 28.3 Å². The van der Waals surface area contributed by atoms with Crippen LogP contribution in [0.1, 0.15) is 12.0 Å². The van der Waals surface area contributed by atoms with E-state index in [9.17, 15) is 4.79 Å². The van der Waals surface area contributed by atoms with E-state index < -0.39 is 18.1 Å². The maximum absolute atomic E-state index is 10.8. The monoisotopic (exact) mass is 209 g/mol. The molecule has 4 heteroatoms. The first-order valence-corrected chi connectivity index (χ1v) is 4.75. The Bertz CT molecular complexity index is 326. The van der Waals surface area contributed by atoms with Crippen LogP contribution in [0.25, 0.3) is 0 Å². The van der Waals surface area contributed by atoms with Gasteiger partial charge in [-0.2, -0.15) is 0 Å². The highest BCUT2D eigenvalue weighted by Gasteiger charge is 2.32. The second-order valence-corrected chi connectivity index (χ2v) is 3.61. The largest absolute Gasteiger partial charge is 0.480 e. The molecule has 0 fully saturated rings. The van der Waals surface area contributed by atoms with E-state index in [0.717, 1.165) is 5.56 Å². The molecule has 0 aliphatic rings. The minimum Gasteiger partial charge on any atom is -0.480 e. The molecule has 0 saturated heterocycles. The van der Waals surface area contributed by atoms with Gasteiger partial charge in [0, 0.05) is 0 Å². The van der Waals surface area contributed by atoms with Gasteiger partial charge in [0.05, 0.1) is 6.61 Å². The lowest BCUT2D eigenvalue weighted by Crippen LogP contribution is -2.51.